The summed E-state index contributed by atoms with van der Waals surface area (Å²) >= 11 is 5.12. The van der Waals surface area contributed by atoms with Gasteiger partial charge in [-0.15, -0.1) is 11.8 Å². The van der Waals surface area contributed by atoms with E-state index in [0.29, 0.717) is 6.54 Å². The van der Waals surface area contributed by atoms with Gasteiger partial charge in [0.15, 0.2) is 0 Å². The molecule has 0 saturated carbocycles. The van der Waals surface area contributed by atoms with E-state index in [4.69, 9.17) is 0 Å². The summed E-state index contributed by atoms with van der Waals surface area (Å²) < 4.78 is 0.980. The molecule has 0 aliphatic rings. The minimum atomic E-state index is -0.518. The largest absolute Gasteiger partial charge is 0.387 e. The van der Waals surface area contributed by atoms with Crippen molar-refractivity contribution in [2.24, 2.45) is 0 Å². The molecule has 2 N–H and O–H groups in total. The summed E-state index contributed by atoms with van der Waals surface area (Å²) in [5.41, 5.74) is 1.93. The number of aliphatic hydroxyl groups is 1. The molecule has 100 valence electrons. The van der Waals surface area contributed by atoms with E-state index in [2.05, 4.69) is 39.6 Å². The monoisotopic (exact) mass is 337 g/mol. The zero-order valence-electron chi connectivity index (χ0n) is 10.6. The van der Waals surface area contributed by atoms with Gasteiger partial charge in [0.2, 0.25) is 0 Å². The number of halogens is 1. The molecule has 0 saturated heterocycles. The van der Waals surface area contributed by atoms with Gasteiger partial charge in [-0.25, -0.2) is 0 Å². The lowest BCUT2D eigenvalue weighted by Crippen LogP contribution is -2.12. The summed E-state index contributed by atoms with van der Waals surface area (Å²) in [4.78, 5) is 1.21. The molecule has 0 amide bonds. The lowest BCUT2D eigenvalue weighted by molar-refractivity contribution is 0.191. The minimum absolute atomic E-state index is 0.494. The van der Waals surface area contributed by atoms with E-state index in [1.807, 2.05) is 36.4 Å². The highest BCUT2D eigenvalue weighted by Crippen LogP contribution is 2.21. The Morgan fingerprint density at radius 3 is 2.74 bits per heavy atom. The van der Waals surface area contributed by atoms with Gasteiger partial charge in [0.05, 0.1) is 6.10 Å². The van der Waals surface area contributed by atoms with Crippen LogP contribution in [0.15, 0.2) is 57.9 Å². The molecule has 0 radical (unpaired) electrons. The fraction of sp³-hybridized carbons (Fsp3) is 0.200. The first-order valence-electron chi connectivity index (χ1n) is 6.00. The van der Waals surface area contributed by atoms with E-state index in [-0.39, 0.29) is 0 Å². The van der Waals surface area contributed by atoms with Crippen LogP contribution < -0.4 is 5.32 Å². The molecule has 0 aliphatic heterocycles. The summed E-state index contributed by atoms with van der Waals surface area (Å²) in [6.07, 6.45) is 1.53. The first-order valence-corrected chi connectivity index (χ1v) is 8.02. The molecule has 2 nitrogen and oxygen atoms in total. The molecule has 0 spiro atoms. The normalized spacial score (nSPS) is 12.2. The van der Waals surface area contributed by atoms with Gasteiger partial charge in [0.1, 0.15) is 0 Å². The lowest BCUT2D eigenvalue weighted by atomic mass is 10.1. The number of nitrogens with one attached hydrogen (secondary N) is 1. The highest BCUT2D eigenvalue weighted by Gasteiger charge is 2.07. The number of anilines is 1. The van der Waals surface area contributed by atoms with Gasteiger partial charge >= 0.3 is 0 Å². The second-order valence-corrected chi connectivity index (χ2v) is 5.98. The Kier molecular flexibility index (Phi) is 5.31. The highest BCUT2D eigenvalue weighted by atomic mass is 79.9. The third-order valence-electron chi connectivity index (χ3n) is 2.80. The van der Waals surface area contributed by atoms with E-state index in [9.17, 15) is 5.11 Å². The SMILES string of the molecule is CSc1cccc(NCC(O)c2cccc(Br)c2)c1. The third kappa shape index (κ3) is 4.27. The topological polar surface area (TPSA) is 32.3 Å². The van der Waals surface area contributed by atoms with E-state index >= 15 is 0 Å². The van der Waals surface area contributed by atoms with Crippen molar-refractivity contribution >= 4 is 33.4 Å². The van der Waals surface area contributed by atoms with Crippen LogP contribution in [0.5, 0.6) is 0 Å². The second-order valence-electron chi connectivity index (χ2n) is 4.18. The Balaban J connectivity index is 1.98. The number of benzene rings is 2. The summed E-state index contributed by atoms with van der Waals surface area (Å²) in [5.74, 6) is 0. The molecule has 1 unspecified atom stereocenters. The highest BCUT2D eigenvalue weighted by molar-refractivity contribution is 9.10. The number of hydrogen-bond donors (Lipinski definition) is 2. The van der Waals surface area contributed by atoms with Crippen LogP contribution in [0, 0.1) is 0 Å². The van der Waals surface area contributed by atoms with Gasteiger partial charge < -0.3 is 10.4 Å². The van der Waals surface area contributed by atoms with Crippen LogP contribution in [0.4, 0.5) is 5.69 Å². The van der Waals surface area contributed by atoms with Crippen LogP contribution in [-0.4, -0.2) is 17.9 Å². The van der Waals surface area contributed by atoms with E-state index in [1.54, 1.807) is 11.8 Å². The van der Waals surface area contributed by atoms with Gasteiger partial charge in [0.25, 0.3) is 0 Å². The van der Waals surface area contributed by atoms with E-state index in [1.165, 1.54) is 4.90 Å². The smallest absolute Gasteiger partial charge is 0.0962 e. The maximum Gasteiger partial charge on any atom is 0.0962 e. The molecule has 0 aliphatic carbocycles. The van der Waals surface area contributed by atoms with Gasteiger partial charge in [-0.1, -0.05) is 34.1 Å². The quantitative estimate of drug-likeness (QED) is 0.797. The number of aliphatic hydroxyl groups excluding tert-OH is 1. The Labute approximate surface area is 126 Å². The van der Waals surface area contributed by atoms with Crippen LogP contribution in [0.25, 0.3) is 0 Å². The van der Waals surface area contributed by atoms with Crippen molar-refractivity contribution in [2.45, 2.75) is 11.0 Å². The van der Waals surface area contributed by atoms with Crippen LogP contribution in [0.1, 0.15) is 11.7 Å². The van der Waals surface area contributed by atoms with Crippen LogP contribution in [0.3, 0.4) is 0 Å². The van der Waals surface area contributed by atoms with Gasteiger partial charge in [-0.3, -0.25) is 0 Å². The summed E-state index contributed by atoms with van der Waals surface area (Å²) in [5, 5.41) is 13.4. The molecule has 0 heterocycles. The Hall–Kier alpha value is -0.970. The van der Waals surface area contributed by atoms with Gasteiger partial charge in [0, 0.05) is 21.6 Å². The summed E-state index contributed by atoms with van der Waals surface area (Å²) in [6.45, 7) is 0.494. The molecule has 0 bridgehead atoms. The van der Waals surface area contributed by atoms with Gasteiger partial charge in [-0.05, 0) is 42.2 Å². The molecule has 2 rings (SSSR count). The second kappa shape index (κ2) is 6.98. The van der Waals surface area contributed by atoms with Crippen molar-refractivity contribution < 1.29 is 5.11 Å². The molecule has 1 atom stereocenters. The summed E-state index contributed by atoms with van der Waals surface area (Å²) in [7, 11) is 0. The molecule has 2 aromatic carbocycles. The average Bonchev–Trinajstić information content (AvgIpc) is 2.45. The summed E-state index contributed by atoms with van der Waals surface area (Å²) in [6, 6.07) is 15.9. The molecule has 2 aromatic rings. The van der Waals surface area contributed by atoms with Crippen molar-refractivity contribution in [1.29, 1.82) is 0 Å². The van der Waals surface area contributed by atoms with E-state index in [0.717, 1.165) is 15.7 Å². The molecule has 19 heavy (non-hydrogen) atoms. The van der Waals surface area contributed by atoms with Crippen molar-refractivity contribution in [1.82, 2.24) is 0 Å². The first-order chi connectivity index (χ1) is 9.19. The van der Waals surface area contributed by atoms with Gasteiger partial charge in [-0.2, -0.15) is 0 Å². The molecule has 0 aromatic heterocycles. The number of hydrogen-bond acceptors (Lipinski definition) is 3. The average molecular weight is 338 g/mol. The Morgan fingerprint density at radius 2 is 2.00 bits per heavy atom. The maximum atomic E-state index is 10.1. The van der Waals surface area contributed by atoms with Crippen molar-refractivity contribution in [3.63, 3.8) is 0 Å². The zero-order valence-corrected chi connectivity index (χ0v) is 13.0. The Morgan fingerprint density at radius 1 is 1.21 bits per heavy atom. The third-order valence-corrected chi connectivity index (χ3v) is 4.02. The standard InChI is InChI=1S/C15H16BrNOS/c1-19-14-7-3-6-13(9-14)17-10-15(18)11-4-2-5-12(16)8-11/h2-9,15,17-18H,10H2,1H3. The molecule has 0 fully saturated rings. The maximum absolute atomic E-state index is 10.1. The minimum Gasteiger partial charge on any atom is -0.387 e. The first kappa shape index (κ1) is 14.4. The predicted octanol–water partition coefficient (Wildman–Crippen LogP) is 4.32. The lowest BCUT2D eigenvalue weighted by Gasteiger charge is -2.14. The molecule has 4 heteroatoms. The predicted molar refractivity (Wildman–Crippen MR) is 85.8 cm³/mol. The number of rotatable bonds is 5. The zero-order chi connectivity index (χ0) is 13.7. The fourth-order valence-electron chi connectivity index (χ4n) is 1.78. The van der Waals surface area contributed by atoms with Crippen molar-refractivity contribution in [2.75, 3.05) is 18.1 Å². The van der Waals surface area contributed by atoms with Crippen LogP contribution in [0.2, 0.25) is 0 Å². The Bertz CT molecular complexity index is 547. The molecular formula is C15H16BrNOS. The fourth-order valence-corrected chi connectivity index (χ4v) is 2.66. The number of thioether (sulfide) groups is 1. The van der Waals surface area contributed by atoms with E-state index < -0.39 is 6.10 Å². The van der Waals surface area contributed by atoms with Crippen molar-refractivity contribution in [3.05, 3.63) is 58.6 Å². The van der Waals surface area contributed by atoms with Crippen LogP contribution in [-0.2, 0) is 0 Å². The van der Waals surface area contributed by atoms with Crippen molar-refractivity contribution in [3.8, 4) is 0 Å². The van der Waals surface area contributed by atoms with Crippen LogP contribution >= 0.6 is 27.7 Å². The molecular weight excluding hydrogens is 322 g/mol.